The minimum Gasteiger partial charge on any atom is -0.497 e. The first-order chi connectivity index (χ1) is 10.8. The summed E-state index contributed by atoms with van der Waals surface area (Å²) >= 11 is 0. The first-order valence-electron chi connectivity index (χ1n) is 7.38. The maximum Gasteiger partial charge on any atom is 0.322 e. The lowest BCUT2D eigenvalue weighted by Gasteiger charge is -2.21. The SMILES string of the molecule is COc1ccc2c(c1)CCCN(C(=O)Nc1cccnc1)C2. The van der Waals surface area contributed by atoms with Crippen LogP contribution in [0.1, 0.15) is 17.5 Å². The summed E-state index contributed by atoms with van der Waals surface area (Å²) in [4.78, 5) is 18.3. The van der Waals surface area contributed by atoms with Gasteiger partial charge in [-0.25, -0.2) is 4.79 Å². The largest absolute Gasteiger partial charge is 0.497 e. The number of methoxy groups -OCH3 is 1. The van der Waals surface area contributed by atoms with Crippen molar-refractivity contribution < 1.29 is 9.53 Å². The summed E-state index contributed by atoms with van der Waals surface area (Å²) in [6.45, 7) is 1.36. The summed E-state index contributed by atoms with van der Waals surface area (Å²) < 4.78 is 5.27. The summed E-state index contributed by atoms with van der Waals surface area (Å²) in [7, 11) is 1.67. The number of pyridine rings is 1. The van der Waals surface area contributed by atoms with Gasteiger partial charge in [0.1, 0.15) is 5.75 Å². The van der Waals surface area contributed by atoms with Gasteiger partial charge in [0, 0.05) is 19.3 Å². The normalized spacial score (nSPS) is 14.0. The van der Waals surface area contributed by atoms with E-state index in [4.69, 9.17) is 4.74 Å². The van der Waals surface area contributed by atoms with Gasteiger partial charge in [-0.1, -0.05) is 6.07 Å². The van der Waals surface area contributed by atoms with Gasteiger partial charge in [-0.15, -0.1) is 0 Å². The Morgan fingerprint density at radius 1 is 1.32 bits per heavy atom. The number of amides is 2. The van der Waals surface area contributed by atoms with Gasteiger partial charge in [-0.05, 0) is 48.2 Å². The minimum absolute atomic E-state index is 0.0864. The molecule has 1 aromatic carbocycles. The van der Waals surface area contributed by atoms with E-state index < -0.39 is 0 Å². The quantitative estimate of drug-likeness (QED) is 0.927. The number of aromatic nitrogens is 1. The highest BCUT2D eigenvalue weighted by Gasteiger charge is 2.19. The molecule has 0 fully saturated rings. The standard InChI is InChI=1S/C17H19N3O2/c1-22-16-7-6-14-12-20(9-3-4-13(14)10-16)17(21)19-15-5-2-8-18-11-15/h2,5-8,10-11H,3-4,9,12H2,1H3,(H,19,21). The van der Waals surface area contributed by atoms with Gasteiger partial charge < -0.3 is 15.0 Å². The summed E-state index contributed by atoms with van der Waals surface area (Å²) in [5, 5.41) is 2.89. The van der Waals surface area contributed by atoms with Crippen LogP contribution < -0.4 is 10.1 Å². The van der Waals surface area contributed by atoms with E-state index in [0.717, 1.165) is 25.1 Å². The second kappa shape index (κ2) is 6.47. The summed E-state index contributed by atoms with van der Waals surface area (Å²) in [5.41, 5.74) is 3.15. The first-order valence-corrected chi connectivity index (χ1v) is 7.38. The number of urea groups is 1. The van der Waals surface area contributed by atoms with Crippen molar-refractivity contribution in [3.8, 4) is 5.75 Å². The molecule has 0 unspecified atom stereocenters. The maximum absolute atomic E-state index is 12.4. The zero-order valence-corrected chi connectivity index (χ0v) is 12.6. The zero-order valence-electron chi connectivity index (χ0n) is 12.6. The van der Waals surface area contributed by atoms with Crippen molar-refractivity contribution in [2.45, 2.75) is 19.4 Å². The second-order valence-corrected chi connectivity index (χ2v) is 5.33. The van der Waals surface area contributed by atoms with Crippen LogP contribution >= 0.6 is 0 Å². The Balaban J connectivity index is 1.73. The molecule has 0 aliphatic carbocycles. The molecule has 1 aromatic heterocycles. The number of rotatable bonds is 2. The Labute approximate surface area is 129 Å². The number of ether oxygens (including phenoxy) is 1. The Morgan fingerprint density at radius 3 is 3.00 bits per heavy atom. The average molecular weight is 297 g/mol. The number of nitrogens with zero attached hydrogens (tertiary/aromatic N) is 2. The van der Waals surface area contributed by atoms with Crippen LogP contribution in [-0.2, 0) is 13.0 Å². The number of hydrogen-bond acceptors (Lipinski definition) is 3. The van der Waals surface area contributed by atoms with Crippen molar-refractivity contribution >= 4 is 11.7 Å². The van der Waals surface area contributed by atoms with Crippen LogP contribution in [0.25, 0.3) is 0 Å². The highest BCUT2D eigenvalue weighted by atomic mass is 16.5. The molecule has 5 nitrogen and oxygen atoms in total. The Bertz CT molecular complexity index is 658. The molecule has 5 heteroatoms. The van der Waals surface area contributed by atoms with Gasteiger partial charge in [-0.3, -0.25) is 4.98 Å². The van der Waals surface area contributed by atoms with Gasteiger partial charge in [-0.2, -0.15) is 0 Å². The van der Waals surface area contributed by atoms with Gasteiger partial charge in [0.25, 0.3) is 0 Å². The molecule has 2 amide bonds. The molecule has 0 saturated carbocycles. The molecule has 114 valence electrons. The lowest BCUT2D eigenvalue weighted by Crippen LogP contribution is -2.34. The molecular weight excluding hydrogens is 278 g/mol. The molecule has 1 N–H and O–H groups in total. The lowest BCUT2D eigenvalue weighted by atomic mass is 10.0. The number of nitrogens with one attached hydrogen (secondary N) is 1. The third-order valence-corrected chi connectivity index (χ3v) is 3.85. The molecule has 0 bridgehead atoms. The summed E-state index contributed by atoms with van der Waals surface area (Å²) in [6.07, 6.45) is 5.24. The number of aryl methyl sites for hydroxylation is 1. The van der Waals surface area contributed by atoms with Crippen molar-refractivity contribution in [3.63, 3.8) is 0 Å². The third kappa shape index (κ3) is 3.19. The van der Waals surface area contributed by atoms with Crippen LogP contribution in [0.2, 0.25) is 0 Å². The minimum atomic E-state index is -0.0864. The fourth-order valence-electron chi connectivity index (χ4n) is 2.67. The Morgan fingerprint density at radius 2 is 2.23 bits per heavy atom. The van der Waals surface area contributed by atoms with E-state index in [1.54, 1.807) is 25.6 Å². The van der Waals surface area contributed by atoms with E-state index in [1.165, 1.54) is 11.1 Å². The molecule has 0 spiro atoms. The van der Waals surface area contributed by atoms with Gasteiger partial charge in [0.15, 0.2) is 0 Å². The topological polar surface area (TPSA) is 54.5 Å². The first kappa shape index (κ1) is 14.4. The number of benzene rings is 1. The molecule has 0 radical (unpaired) electrons. The van der Waals surface area contributed by atoms with E-state index in [0.29, 0.717) is 12.2 Å². The van der Waals surface area contributed by atoms with E-state index in [9.17, 15) is 4.79 Å². The van der Waals surface area contributed by atoms with Crippen LogP contribution in [0.15, 0.2) is 42.7 Å². The van der Waals surface area contributed by atoms with Crippen LogP contribution in [0.4, 0.5) is 10.5 Å². The molecule has 22 heavy (non-hydrogen) atoms. The van der Waals surface area contributed by atoms with Gasteiger partial charge >= 0.3 is 6.03 Å². The predicted octanol–water partition coefficient (Wildman–Crippen LogP) is 3.07. The van der Waals surface area contributed by atoms with Crippen LogP contribution in [-0.4, -0.2) is 29.6 Å². The van der Waals surface area contributed by atoms with E-state index in [-0.39, 0.29) is 6.03 Å². The number of carbonyl (C=O) groups is 1. The smallest absolute Gasteiger partial charge is 0.322 e. The molecule has 2 heterocycles. The second-order valence-electron chi connectivity index (χ2n) is 5.33. The molecule has 1 aliphatic rings. The molecule has 3 rings (SSSR count). The number of hydrogen-bond donors (Lipinski definition) is 1. The van der Waals surface area contributed by atoms with E-state index in [2.05, 4.69) is 16.4 Å². The van der Waals surface area contributed by atoms with Crippen molar-refractivity contribution in [1.82, 2.24) is 9.88 Å². The molecular formula is C17H19N3O2. The van der Waals surface area contributed by atoms with Gasteiger partial charge in [0.2, 0.25) is 0 Å². The maximum atomic E-state index is 12.4. The molecule has 0 atom stereocenters. The van der Waals surface area contributed by atoms with E-state index in [1.807, 2.05) is 23.1 Å². The Hall–Kier alpha value is -2.56. The average Bonchev–Trinajstić information content (AvgIpc) is 2.77. The Kier molecular flexibility index (Phi) is 4.23. The fraction of sp³-hybridized carbons (Fsp3) is 0.294. The molecule has 0 saturated heterocycles. The monoisotopic (exact) mass is 297 g/mol. The molecule has 1 aliphatic heterocycles. The number of anilines is 1. The van der Waals surface area contributed by atoms with E-state index >= 15 is 0 Å². The third-order valence-electron chi connectivity index (χ3n) is 3.85. The summed E-state index contributed by atoms with van der Waals surface area (Å²) in [5.74, 6) is 0.868. The number of fused-ring (bicyclic) bond motifs is 1. The summed E-state index contributed by atoms with van der Waals surface area (Å²) in [6, 6.07) is 9.61. The lowest BCUT2D eigenvalue weighted by molar-refractivity contribution is 0.210. The van der Waals surface area contributed by atoms with Gasteiger partial charge in [0.05, 0.1) is 19.0 Å². The van der Waals surface area contributed by atoms with Crippen LogP contribution in [0.3, 0.4) is 0 Å². The van der Waals surface area contributed by atoms with Crippen molar-refractivity contribution in [1.29, 1.82) is 0 Å². The predicted molar refractivity (Wildman–Crippen MR) is 85.0 cm³/mol. The van der Waals surface area contributed by atoms with Crippen molar-refractivity contribution in [2.24, 2.45) is 0 Å². The van der Waals surface area contributed by atoms with Crippen LogP contribution in [0, 0.1) is 0 Å². The highest BCUT2D eigenvalue weighted by Crippen LogP contribution is 2.23. The number of carbonyl (C=O) groups excluding carboxylic acids is 1. The highest BCUT2D eigenvalue weighted by molar-refractivity contribution is 5.89. The van der Waals surface area contributed by atoms with Crippen molar-refractivity contribution in [3.05, 3.63) is 53.9 Å². The molecule has 2 aromatic rings. The zero-order chi connectivity index (χ0) is 15.4. The van der Waals surface area contributed by atoms with Crippen LogP contribution in [0.5, 0.6) is 5.75 Å². The van der Waals surface area contributed by atoms with Crippen molar-refractivity contribution in [2.75, 3.05) is 19.0 Å². The fourth-order valence-corrected chi connectivity index (χ4v) is 2.67.